The van der Waals surface area contributed by atoms with Crippen molar-refractivity contribution in [2.45, 2.75) is 20.4 Å². The van der Waals surface area contributed by atoms with Crippen molar-refractivity contribution in [3.8, 4) is 17.2 Å². The van der Waals surface area contributed by atoms with Gasteiger partial charge in [0.2, 0.25) is 6.79 Å². The zero-order valence-electron chi connectivity index (χ0n) is 27.7. The SMILES string of the molecule is Cc1ccc2nc(N3CCN(Cc4ccc5c(c4)OCO5)CC3)c(/C=C3/SC(=S)N(c4c(C)n(C)n(-c5ccccc5)c4=O)C3=O)c(=O)n2c1. The van der Waals surface area contributed by atoms with Gasteiger partial charge in [-0.05, 0) is 61.4 Å². The van der Waals surface area contributed by atoms with Crippen LogP contribution in [0.3, 0.4) is 0 Å². The number of aryl methyl sites for hydroxylation is 1. The quantitative estimate of drug-likeness (QED) is 0.188. The van der Waals surface area contributed by atoms with Crippen LogP contribution in [-0.4, -0.2) is 66.8 Å². The van der Waals surface area contributed by atoms with E-state index in [9.17, 15) is 14.4 Å². The zero-order valence-corrected chi connectivity index (χ0v) is 29.3. The Morgan fingerprint density at radius 2 is 1.68 bits per heavy atom. The predicted molar refractivity (Wildman–Crippen MR) is 198 cm³/mol. The second kappa shape index (κ2) is 12.6. The number of carbonyl (C=O) groups excluding carboxylic acids is 1. The largest absolute Gasteiger partial charge is 0.454 e. The van der Waals surface area contributed by atoms with Gasteiger partial charge in [-0.3, -0.25) is 33.3 Å². The van der Waals surface area contributed by atoms with Crippen LogP contribution in [0.5, 0.6) is 11.5 Å². The van der Waals surface area contributed by atoms with Crippen LogP contribution < -0.4 is 30.4 Å². The monoisotopic (exact) mass is 707 g/mol. The minimum absolute atomic E-state index is 0.185. The highest BCUT2D eigenvalue weighted by Crippen LogP contribution is 2.37. The Morgan fingerprint density at radius 3 is 2.46 bits per heavy atom. The van der Waals surface area contributed by atoms with Gasteiger partial charge in [0.25, 0.3) is 17.0 Å². The van der Waals surface area contributed by atoms with E-state index in [1.807, 2.05) is 61.5 Å². The molecule has 254 valence electrons. The van der Waals surface area contributed by atoms with Crippen molar-refractivity contribution in [2.75, 3.05) is 42.8 Å². The fraction of sp³-hybridized carbons (Fsp3) is 0.250. The van der Waals surface area contributed by atoms with Gasteiger partial charge in [-0.25, -0.2) is 9.67 Å². The molecule has 0 radical (unpaired) electrons. The average molecular weight is 708 g/mol. The molecular formula is C36H33N7O5S2. The summed E-state index contributed by atoms with van der Waals surface area (Å²) in [6, 6.07) is 19.0. The smallest absolute Gasteiger partial charge is 0.296 e. The molecular weight excluding hydrogens is 675 g/mol. The summed E-state index contributed by atoms with van der Waals surface area (Å²) in [5.74, 6) is 1.57. The van der Waals surface area contributed by atoms with Gasteiger partial charge < -0.3 is 14.4 Å². The molecule has 1 amide bonds. The van der Waals surface area contributed by atoms with Crippen LogP contribution in [0.25, 0.3) is 17.4 Å². The fourth-order valence-electron chi connectivity index (χ4n) is 6.63. The van der Waals surface area contributed by atoms with Gasteiger partial charge >= 0.3 is 0 Å². The third kappa shape index (κ3) is 5.49. The Balaban J connectivity index is 1.12. The number of rotatable bonds is 6. The Kier molecular flexibility index (Phi) is 8.08. The van der Waals surface area contributed by atoms with Crippen molar-refractivity contribution in [3.05, 3.63) is 115 Å². The molecule has 2 saturated heterocycles. The van der Waals surface area contributed by atoms with Crippen molar-refractivity contribution >= 4 is 57.4 Å². The maximum atomic E-state index is 14.2. The number of para-hydroxylation sites is 1. The molecule has 0 unspecified atom stereocenters. The summed E-state index contributed by atoms with van der Waals surface area (Å²) in [5.41, 5.74) is 3.63. The summed E-state index contributed by atoms with van der Waals surface area (Å²) < 4.78 is 16.0. The molecule has 3 aromatic heterocycles. The van der Waals surface area contributed by atoms with Crippen molar-refractivity contribution in [3.63, 3.8) is 0 Å². The molecule has 0 atom stereocenters. The van der Waals surface area contributed by atoms with Crippen LogP contribution in [0.1, 0.15) is 22.4 Å². The van der Waals surface area contributed by atoms with Gasteiger partial charge in [0.15, 0.2) is 15.8 Å². The summed E-state index contributed by atoms with van der Waals surface area (Å²) in [6.45, 7) is 7.42. The second-order valence-corrected chi connectivity index (χ2v) is 14.1. The van der Waals surface area contributed by atoms with Crippen molar-refractivity contribution in [1.82, 2.24) is 23.6 Å². The summed E-state index contributed by atoms with van der Waals surface area (Å²) in [7, 11) is 1.77. The number of carbonyl (C=O) groups is 1. The van der Waals surface area contributed by atoms with Crippen LogP contribution in [0, 0.1) is 13.8 Å². The molecule has 2 aromatic carbocycles. The van der Waals surface area contributed by atoms with Crippen molar-refractivity contribution in [1.29, 1.82) is 0 Å². The molecule has 2 fully saturated rings. The molecule has 3 aliphatic heterocycles. The van der Waals surface area contributed by atoms with E-state index in [0.717, 1.165) is 54.0 Å². The number of nitrogens with zero attached hydrogens (tertiary/aromatic N) is 7. The number of piperazine rings is 1. The minimum atomic E-state index is -0.459. The number of hydrogen-bond donors (Lipinski definition) is 0. The molecule has 0 N–H and O–H groups in total. The first-order valence-electron chi connectivity index (χ1n) is 16.2. The maximum absolute atomic E-state index is 14.2. The number of pyridine rings is 1. The predicted octanol–water partition coefficient (Wildman–Crippen LogP) is 4.26. The molecule has 0 spiro atoms. The summed E-state index contributed by atoms with van der Waals surface area (Å²) in [4.78, 5) is 53.0. The number of hydrogen-bond acceptors (Lipinski definition) is 10. The minimum Gasteiger partial charge on any atom is -0.454 e. The van der Waals surface area contributed by atoms with E-state index in [1.54, 1.807) is 30.9 Å². The number of anilines is 2. The lowest BCUT2D eigenvalue weighted by Gasteiger charge is -2.36. The van der Waals surface area contributed by atoms with Crippen LogP contribution >= 0.6 is 24.0 Å². The van der Waals surface area contributed by atoms with E-state index >= 15 is 0 Å². The molecule has 0 saturated carbocycles. The van der Waals surface area contributed by atoms with Gasteiger partial charge in [-0.2, -0.15) is 0 Å². The van der Waals surface area contributed by atoms with E-state index in [1.165, 1.54) is 14.0 Å². The first kappa shape index (κ1) is 32.0. The van der Waals surface area contributed by atoms with Crippen molar-refractivity contribution in [2.24, 2.45) is 7.05 Å². The highest BCUT2D eigenvalue weighted by molar-refractivity contribution is 8.27. The highest BCUT2D eigenvalue weighted by atomic mass is 32.2. The first-order valence-corrected chi connectivity index (χ1v) is 17.4. The number of amides is 1. The molecule has 12 nitrogen and oxygen atoms in total. The number of thioether (sulfide) groups is 1. The Morgan fingerprint density at radius 1 is 0.920 bits per heavy atom. The van der Waals surface area contributed by atoms with Crippen LogP contribution in [0.15, 0.2) is 81.4 Å². The van der Waals surface area contributed by atoms with E-state index in [-0.39, 0.29) is 32.8 Å². The Hall–Kier alpha value is -5.18. The first-order chi connectivity index (χ1) is 24.2. The van der Waals surface area contributed by atoms with Gasteiger partial charge in [0.05, 0.1) is 21.8 Å². The number of ether oxygens (including phenoxy) is 2. The molecule has 5 aromatic rings. The average Bonchev–Trinajstić information content (AvgIpc) is 3.76. The van der Waals surface area contributed by atoms with Crippen LogP contribution in [0.2, 0.25) is 0 Å². The standard InChI is InChI=1S/C36H33N7O5S2/c1-22-9-12-30-37-32(40-15-13-39(14-16-40)20-24-10-11-27-28(17-24)48-21-47-27)26(33(44)41(30)19-22)18-29-34(45)42(36(49)50-29)31-23(2)38(3)43(35(31)46)25-7-5-4-6-8-25/h4-12,17-19H,13-16,20-21H2,1-3H3/b29-18+. The molecule has 6 heterocycles. The summed E-state index contributed by atoms with van der Waals surface area (Å²) in [6.07, 6.45) is 3.34. The van der Waals surface area contributed by atoms with Gasteiger partial charge in [-0.1, -0.05) is 54.3 Å². The fourth-order valence-corrected chi connectivity index (χ4v) is 7.89. The molecule has 50 heavy (non-hydrogen) atoms. The van der Waals surface area contributed by atoms with E-state index in [0.29, 0.717) is 41.5 Å². The lowest BCUT2D eigenvalue weighted by molar-refractivity contribution is -0.113. The van der Waals surface area contributed by atoms with Crippen LogP contribution in [-0.2, 0) is 18.4 Å². The third-order valence-corrected chi connectivity index (χ3v) is 10.6. The Bertz CT molecular complexity index is 2360. The molecule has 14 heteroatoms. The van der Waals surface area contributed by atoms with Crippen molar-refractivity contribution < 1.29 is 14.3 Å². The Labute approximate surface area is 296 Å². The van der Waals surface area contributed by atoms with Crippen LogP contribution in [0.4, 0.5) is 11.5 Å². The molecule has 3 aliphatic rings. The highest BCUT2D eigenvalue weighted by Gasteiger charge is 2.38. The zero-order chi connectivity index (χ0) is 34.7. The lowest BCUT2D eigenvalue weighted by atomic mass is 10.1. The number of thiocarbonyl (C=S) groups is 1. The van der Waals surface area contributed by atoms with Gasteiger partial charge in [-0.15, -0.1) is 0 Å². The maximum Gasteiger partial charge on any atom is 0.296 e. The molecule has 0 aliphatic carbocycles. The number of benzene rings is 2. The molecule has 0 bridgehead atoms. The summed E-state index contributed by atoms with van der Waals surface area (Å²) in [5, 5.41) is 0. The topological polar surface area (TPSA) is 107 Å². The number of fused-ring (bicyclic) bond motifs is 2. The lowest BCUT2D eigenvalue weighted by Crippen LogP contribution is -2.47. The van der Waals surface area contributed by atoms with E-state index < -0.39 is 5.91 Å². The second-order valence-electron chi connectivity index (χ2n) is 12.5. The van der Waals surface area contributed by atoms with E-state index in [2.05, 4.69) is 15.9 Å². The summed E-state index contributed by atoms with van der Waals surface area (Å²) >= 11 is 6.77. The third-order valence-electron chi connectivity index (χ3n) is 9.32. The van der Waals surface area contributed by atoms with E-state index in [4.69, 9.17) is 26.7 Å². The number of aromatic nitrogens is 4. The van der Waals surface area contributed by atoms with Gasteiger partial charge in [0.1, 0.15) is 17.2 Å². The van der Waals surface area contributed by atoms with Gasteiger partial charge in [0, 0.05) is 46.0 Å². The normalized spacial score (nSPS) is 17.1. The molecule has 8 rings (SSSR count).